The van der Waals surface area contributed by atoms with Crippen LogP contribution < -0.4 is 15.8 Å². The van der Waals surface area contributed by atoms with Gasteiger partial charge in [0.05, 0.1) is 10.4 Å². The molecular weight excluding hydrogens is 354 g/mol. The average Bonchev–Trinajstić information content (AvgIpc) is 2.51. The van der Waals surface area contributed by atoms with Gasteiger partial charge in [0.2, 0.25) is 10.0 Å². The van der Waals surface area contributed by atoms with Crippen molar-refractivity contribution in [2.75, 3.05) is 27.2 Å². The molecule has 0 unspecified atom stereocenters. The number of nitrogens with zero attached hydrogens (tertiary/aromatic N) is 3. The summed E-state index contributed by atoms with van der Waals surface area (Å²) in [5, 5.41) is 9.95. The molecule has 0 atom stereocenters. The topological polar surface area (TPSA) is 147 Å². The van der Waals surface area contributed by atoms with E-state index in [0.717, 1.165) is 18.2 Å². The van der Waals surface area contributed by atoms with Crippen LogP contribution >= 0.6 is 0 Å². The van der Waals surface area contributed by atoms with Crippen molar-refractivity contribution in [1.29, 1.82) is 0 Å². The molecule has 0 aliphatic carbocycles. The van der Waals surface area contributed by atoms with Crippen LogP contribution in [0.5, 0.6) is 0 Å². The lowest BCUT2D eigenvalue weighted by atomic mass is 10.3. The Hall–Kier alpha value is -2.57. The molecule has 2 N–H and O–H groups in total. The minimum absolute atomic E-state index is 0.0784. The van der Waals surface area contributed by atoms with E-state index in [2.05, 4.69) is 9.71 Å². The summed E-state index contributed by atoms with van der Waals surface area (Å²) < 4.78 is 27.0. The number of nitro groups is 1. The Bertz CT molecular complexity index is 1020. The maximum Gasteiger partial charge on any atom is 0.377 e. The van der Waals surface area contributed by atoms with Crippen molar-refractivity contribution >= 4 is 21.1 Å². The van der Waals surface area contributed by atoms with Gasteiger partial charge in [-0.15, -0.1) is 0 Å². The molecule has 0 spiro atoms. The normalized spacial score (nSPS) is 12.0. The molecule has 11 nitrogen and oxygen atoms in total. The number of rotatable bonds is 7. The van der Waals surface area contributed by atoms with Gasteiger partial charge in [-0.3, -0.25) is 9.59 Å². The van der Waals surface area contributed by atoms with Crippen LogP contribution in [-0.2, 0) is 10.0 Å². The van der Waals surface area contributed by atoms with Crippen LogP contribution in [0.3, 0.4) is 0 Å². The highest BCUT2D eigenvalue weighted by Crippen LogP contribution is 2.15. The van der Waals surface area contributed by atoms with Crippen molar-refractivity contribution in [3.63, 3.8) is 0 Å². The second kappa shape index (κ2) is 7.13. The summed E-state index contributed by atoms with van der Waals surface area (Å²) in [6.45, 7) is 0.909. The molecule has 0 aliphatic rings. The zero-order chi connectivity index (χ0) is 18.8. The molecule has 25 heavy (non-hydrogen) atoms. The fourth-order valence-corrected chi connectivity index (χ4v) is 3.30. The summed E-state index contributed by atoms with van der Waals surface area (Å²) in [6, 6.07) is 3.31. The molecule has 2 aromatic rings. The highest BCUT2D eigenvalue weighted by atomic mass is 32.2. The largest absolute Gasteiger partial charge is 0.377 e. The molecule has 2 rings (SSSR count). The van der Waals surface area contributed by atoms with E-state index in [1.165, 1.54) is 0 Å². The number of benzene rings is 1. The number of aromatic amines is 1. The Morgan fingerprint density at radius 3 is 2.60 bits per heavy atom. The van der Waals surface area contributed by atoms with Crippen LogP contribution in [0.2, 0.25) is 0 Å². The second-order valence-corrected chi connectivity index (χ2v) is 7.31. The van der Waals surface area contributed by atoms with Crippen molar-refractivity contribution in [2.45, 2.75) is 11.3 Å². The molecule has 0 saturated carbocycles. The van der Waals surface area contributed by atoms with Gasteiger partial charge in [-0.1, -0.05) is 0 Å². The smallest absolute Gasteiger partial charge is 0.315 e. The van der Waals surface area contributed by atoms with E-state index >= 15 is 0 Å². The Morgan fingerprint density at radius 1 is 1.32 bits per heavy atom. The Kier molecular flexibility index (Phi) is 5.35. The highest BCUT2D eigenvalue weighted by molar-refractivity contribution is 7.89. The number of H-pyrrole nitrogens is 1. The van der Waals surface area contributed by atoms with Crippen LogP contribution in [0.15, 0.2) is 32.7 Å². The number of hydrogen-bond acceptors (Lipinski definition) is 7. The molecule has 1 aromatic carbocycles. The van der Waals surface area contributed by atoms with E-state index in [1.807, 2.05) is 19.0 Å². The minimum atomic E-state index is -3.85. The van der Waals surface area contributed by atoms with Gasteiger partial charge in [-0.05, 0) is 49.9 Å². The van der Waals surface area contributed by atoms with Crippen LogP contribution in [0.4, 0.5) is 0 Å². The Morgan fingerprint density at radius 2 is 2.00 bits per heavy atom. The van der Waals surface area contributed by atoms with Gasteiger partial charge < -0.3 is 9.88 Å². The number of hydrogen-bond donors (Lipinski definition) is 2. The third-order valence-electron chi connectivity index (χ3n) is 3.38. The van der Waals surface area contributed by atoms with Crippen molar-refractivity contribution in [3.05, 3.63) is 49.0 Å². The van der Waals surface area contributed by atoms with Gasteiger partial charge >= 0.3 is 11.1 Å². The molecule has 0 saturated heterocycles. The van der Waals surface area contributed by atoms with Crippen molar-refractivity contribution in [3.8, 4) is 0 Å². The maximum absolute atomic E-state index is 12.3. The van der Waals surface area contributed by atoms with Crippen molar-refractivity contribution in [2.24, 2.45) is 0 Å². The van der Waals surface area contributed by atoms with Crippen LogP contribution in [-0.4, -0.2) is 55.2 Å². The fourth-order valence-electron chi connectivity index (χ4n) is 2.20. The monoisotopic (exact) mass is 371 g/mol. The van der Waals surface area contributed by atoms with E-state index in [9.17, 15) is 28.1 Å². The summed E-state index contributed by atoms with van der Waals surface area (Å²) in [5.74, 6) is 0. The lowest BCUT2D eigenvalue weighted by molar-refractivity contribution is -0.540. The fraction of sp³-hybridized carbons (Fsp3) is 0.385. The first kappa shape index (κ1) is 18.8. The number of fused-ring (bicyclic) bond motifs is 1. The van der Waals surface area contributed by atoms with Crippen LogP contribution in [0.1, 0.15) is 6.42 Å². The van der Waals surface area contributed by atoms with Crippen LogP contribution in [0.25, 0.3) is 11.0 Å². The molecule has 136 valence electrons. The Balaban J connectivity index is 2.41. The lowest BCUT2D eigenvalue weighted by Crippen LogP contribution is -2.39. The van der Waals surface area contributed by atoms with E-state index < -0.39 is 26.2 Å². The third-order valence-corrected chi connectivity index (χ3v) is 4.84. The maximum atomic E-state index is 12.3. The quantitative estimate of drug-likeness (QED) is 0.273. The average molecular weight is 371 g/mol. The zero-order valence-corrected chi connectivity index (χ0v) is 14.4. The second-order valence-electron chi connectivity index (χ2n) is 5.54. The van der Waals surface area contributed by atoms with E-state index in [1.54, 1.807) is 0 Å². The zero-order valence-electron chi connectivity index (χ0n) is 13.6. The van der Waals surface area contributed by atoms with E-state index in [4.69, 9.17) is 0 Å². The van der Waals surface area contributed by atoms with Crippen LogP contribution in [0, 0.1) is 10.1 Å². The van der Waals surface area contributed by atoms with E-state index in [-0.39, 0.29) is 27.1 Å². The van der Waals surface area contributed by atoms with Gasteiger partial charge in [-0.2, -0.15) is 0 Å². The first-order valence-electron chi connectivity index (χ1n) is 7.21. The summed E-state index contributed by atoms with van der Waals surface area (Å²) in [4.78, 5) is 38.0. The standard InChI is InChI=1S/C13H17N5O6S/c1-16(2)7-3-6-14-25(23,24)9-4-5-11-10(8-9)15-12(19)13(20)17(11)18(21)22/h4-5,8,14H,3,6-7H2,1-2H3,(H,15,19). The molecule has 12 heteroatoms. The Labute approximate surface area is 142 Å². The molecule has 0 amide bonds. The van der Waals surface area contributed by atoms with Crippen molar-refractivity contribution in [1.82, 2.24) is 19.3 Å². The molecule has 0 fully saturated rings. The van der Waals surface area contributed by atoms with Crippen molar-refractivity contribution < 1.29 is 13.5 Å². The number of sulfonamides is 1. The predicted octanol–water partition coefficient (Wildman–Crippen LogP) is -1.04. The van der Waals surface area contributed by atoms with Gasteiger partial charge in [-0.25, -0.2) is 23.3 Å². The number of nitrogens with one attached hydrogen (secondary N) is 2. The summed E-state index contributed by atoms with van der Waals surface area (Å²) >= 11 is 0. The molecular formula is C13H17N5O6S. The third kappa shape index (κ3) is 4.10. The van der Waals surface area contributed by atoms with Gasteiger partial charge in [0.1, 0.15) is 5.52 Å². The summed E-state index contributed by atoms with van der Waals surface area (Å²) in [6.07, 6.45) is 0.595. The lowest BCUT2D eigenvalue weighted by Gasteiger charge is -2.10. The molecule has 0 aliphatic heterocycles. The van der Waals surface area contributed by atoms with E-state index in [0.29, 0.717) is 13.0 Å². The molecule has 1 aromatic heterocycles. The SMILES string of the molecule is CN(C)CCCNS(=O)(=O)c1ccc2c(c1)[nH]c(=O)c(=O)n2[N+](=O)[O-]. The van der Waals surface area contributed by atoms with Gasteiger partial charge in [0.15, 0.2) is 5.03 Å². The minimum Gasteiger partial charge on any atom is -0.315 e. The first-order valence-corrected chi connectivity index (χ1v) is 8.70. The molecule has 0 radical (unpaired) electrons. The number of aromatic nitrogens is 2. The predicted molar refractivity (Wildman–Crippen MR) is 89.6 cm³/mol. The molecule has 1 heterocycles. The summed E-state index contributed by atoms with van der Waals surface area (Å²) in [5.41, 5.74) is -2.90. The summed E-state index contributed by atoms with van der Waals surface area (Å²) in [7, 11) is -0.125. The molecule has 0 bridgehead atoms. The van der Waals surface area contributed by atoms with Gasteiger partial charge in [0.25, 0.3) is 0 Å². The first-order chi connectivity index (χ1) is 11.6. The van der Waals surface area contributed by atoms with Gasteiger partial charge in [0, 0.05) is 6.54 Å². The highest BCUT2D eigenvalue weighted by Gasteiger charge is 2.19.